The lowest BCUT2D eigenvalue weighted by atomic mass is 9.75. The minimum atomic E-state index is 0.827. The van der Waals surface area contributed by atoms with Gasteiger partial charge in [-0.1, -0.05) is 82.4 Å². The van der Waals surface area contributed by atoms with E-state index < -0.39 is 0 Å². The molecule has 1 unspecified atom stereocenters. The molecule has 0 aliphatic heterocycles. The van der Waals surface area contributed by atoms with E-state index in [1.54, 1.807) is 12.0 Å². The van der Waals surface area contributed by atoms with Crippen molar-refractivity contribution in [1.82, 2.24) is 0 Å². The zero-order valence-electron chi connectivity index (χ0n) is 19.3. The van der Waals surface area contributed by atoms with Gasteiger partial charge in [0, 0.05) is 0 Å². The first-order valence-electron chi connectivity index (χ1n) is 12.9. The Morgan fingerprint density at radius 3 is 2.54 bits per heavy atom. The van der Waals surface area contributed by atoms with Crippen molar-refractivity contribution < 1.29 is 0 Å². The van der Waals surface area contributed by atoms with Crippen molar-refractivity contribution in [1.29, 1.82) is 0 Å². The third-order valence-corrected chi connectivity index (χ3v) is 8.20. The fraction of sp³-hybridized carbons (Fsp3) is 0.786. The lowest BCUT2D eigenvalue weighted by Gasteiger charge is -2.30. The van der Waals surface area contributed by atoms with Crippen LogP contribution in [0, 0.1) is 35.5 Å². The molecular weight excluding hydrogens is 336 g/mol. The Balaban J connectivity index is 0.000000531. The molecular formula is C28H46. The van der Waals surface area contributed by atoms with Crippen molar-refractivity contribution >= 4 is 0 Å². The lowest BCUT2D eigenvalue weighted by Crippen LogP contribution is -2.23. The molecule has 0 radical (unpaired) electrons. The topological polar surface area (TPSA) is 0 Å². The molecule has 0 aromatic carbocycles. The van der Waals surface area contributed by atoms with Crippen LogP contribution in [0.25, 0.3) is 0 Å². The van der Waals surface area contributed by atoms with Crippen molar-refractivity contribution in [3.05, 3.63) is 35.5 Å². The standard InChI is InChI=1S/C24H34.2C2H6/c1-3-17-4-2-6-19-10-12-22(14-19)24-16-20(8-7-17)15-23(24)21-11-9-18(5-1)13-21;2*1-2/h5,7-8,15,17,19,21-24H,1-4,6,9-14,16H2;2*1-2H3/b8-7+,18-5-;;/t17-,19?,21-,22+,23+,24-;;/m0../s1. The summed E-state index contributed by atoms with van der Waals surface area (Å²) in [5.41, 5.74) is 3.51. The Hall–Kier alpha value is -0.780. The molecule has 0 aromatic heterocycles. The summed E-state index contributed by atoms with van der Waals surface area (Å²) < 4.78 is 0. The van der Waals surface area contributed by atoms with Crippen LogP contribution in [0.1, 0.15) is 105 Å². The average Bonchev–Trinajstić information content (AvgIpc) is 3.46. The molecule has 28 heavy (non-hydrogen) atoms. The summed E-state index contributed by atoms with van der Waals surface area (Å²) in [4.78, 5) is 0. The van der Waals surface area contributed by atoms with Crippen molar-refractivity contribution in [3.8, 4) is 0 Å². The zero-order chi connectivity index (χ0) is 19.9. The van der Waals surface area contributed by atoms with Crippen LogP contribution in [0.3, 0.4) is 0 Å². The van der Waals surface area contributed by atoms with Crippen LogP contribution in [0.15, 0.2) is 35.5 Å². The Labute approximate surface area is 176 Å². The predicted molar refractivity (Wildman–Crippen MR) is 124 cm³/mol. The summed E-state index contributed by atoms with van der Waals surface area (Å²) in [5.74, 6) is 5.78. The third kappa shape index (κ3) is 5.03. The Kier molecular flexibility index (Phi) is 8.49. The summed E-state index contributed by atoms with van der Waals surface area (Å²) >= 11 is 0. The Morgan fingerprint density at radius 1 is 0.821 bits per heavy atom. The largest absolute Gasteiger partial charge is 0.0853 e. The van der Waals surface area contributed by atoms with Gasteiger partial charge in [0.15, 0.2) is 0 Å². The van der Waals surface area contributed by atoms with Crippen molar-refractivity contribution in [2.75, 3.05) is 0 Å². The molecule has 0 nitrogen and oxygen atoms in total. The highest BCUT2D eigenvalue weighted by molar-refractivity contribution is 5.28. The summed E-state index contributed by atoms with van der Waals surface area (Å²) in [5, 5.41) is 0. The van der Waals surface area contributed by atoms with Gasteiger partial charge >= 0.3 is 0 Å². The summed E-state index contributed by atoms with van der Waals surface area (Å²) in [6, 6.07) is 0. The van der Waals surface area contributed by atoms with Gasteiger partial charge in [-0.05, 0) is 93.3 Å². The summed E-state index contributed by atoms with van der Waals surface area (Å²) in [6.45, 7) is 8.00. The molecule has 0 N–H and O–H groups in total. The van der Waals surface area contributed by atoms with Gasteiger partial charge in [0.25, 0.3) is 0 Å². The van der Waals surface area contributed by atoms with Crippen LogP contribution in [0.2, 0.25) is 0 Å². The first kappa shape index (κ1) is 21.9. The minimum absolute atomic E-state index is 0.827. The highest BCUT2D eigenvalue weighted by atomic mass is 14.5. The van der Waals surface area contributed by atoms with Crippen LogP contribution in [0.5, 0.6) is 0 Å². The predicted octanol–water partition coefficient (Wildman–Crippen LogP) is 8.89. The average molecular weight is 383 g/mol. The first-order chi connectivity index (χ1) is 13.8. The van der Waals surface area contributed by atoms with Crippen LogP contribution in [0.4, 0.5) is 0 Å². The second kappa shape index (κ2) is 10.8. The van der Waals surface area contributed by atoms with Gasteiger partial charge in [0.2, 0.25) is 0 Å². The maximum Gasteiger partial charge on any atom is -0.0162 e. The monoisotopic (exact) mass is 382 g/mol. The molecule has 2 fully saturated rings. The van der Waals surface area contributed by atoms with E-state index in [0.717, 1.165) is 35.5 Å². The summed E-state index contributed by atoms with van der Waals surface area (Å²) in [6.07, 6.45) is 28.0. The van der Waals surface area contributed by atoms with Crippen LogP contribution < -0.4 is 0 Å². The molecule has 5 aliphatic carbocycles. The molecule has 8 bridgehead atoms. The van der Waals surface area contributed by atoms with E-state index in [2.05, 4.69) is 24.3 Å². The van der Waals surface area contributed by atoms with Gasteiger partial charge in [0.05, 0.1) is 0 Å². The maximum atomic E-state index is 2.75. The van der Waals surface area contributed by atoms with E-state index in [0.29, 0.717) is 0 Å². The summed E-state index contributed by atoms with van der Waals surface area (Å²) in [7, 11) is 0. The highest BCUT2D eigenvalue weighted by Gasteiger charge is 2.41. The molecule has 0 heterocycles. The highest BCUT2D eigenvalue weighted by Crippen LogP contribution is 2.52. The Bertz CT molecular complexity index is 563. The van der Waals surface area contributed by atoms with E-state index in [1.807, 2.05) is 33.3 Å². The molecule has 2 saturated carbocycles. The minimum Gasteiger partial charge on any atom is -0.0853 e. The number of hydrogen-bond donors (Lipinski definition) is 0. The van der Waals surface area contributed by atoms with E-state index in [1.165, 1.54) is 70.6 Å². The number of hydrogen-bond acceptors (Lipinski definition) is 0. The fourth-order valence-corrected chi connectivity index (χ4v) is 6.89. The zero-order valence-corrected chi connectivity index (χ0v) is 19.3. The molecule has 0 spiro atoms. The van der Waals surface area contributed by atoms with Crippen LogP contribution in [-0.4, -0.2) is 0 Å². The van der Waals surface area contributed by atoms with E-state index in [-0.39, 0.29) is 0 Å². The molecule has 5 rings (SSSR count). The number of allylic oxidation sites excluding steroid dienone is 6. The van der Waals surface area contributed by atoms with Crippen LogP contribution in [-0.2, 0) is 0 Å². The Morgan fingerprint density at radius 2 is 1.68 bits per heavy atom. The van der Waals surface area contributed by atoms with E-state index in [4.69, 9.17) is 0 Å². The molecule has 6 atom stereocenters. The van der Waals surface area contributed by atoms with E-state index >= 15 is 0 Å². The van der Waals surface area contributed by atoms with Gasteiger partial charge in [-0.2, -0.15) is 0 Å². The van der Waals surface area contributed by atoms with Crippen molar-refractivity contribution in [2.24, 2.45) is 35.5 Å². The van der Waals surface area contributed by atoms with Gasteiger partial charge in [-0.15, -0.1) is 0 Å². The second-order valence-electron chi connectivity index (χ2n) is 9.62. The van der Waals surface area contributed by atoms with Crippen LogP contribution >= 0.6 is 0 Å². The van der Waals surface area contributed by atoms with Gasteiger partial charge < -0.3 is 0 Å². The fourth-order valence-electron chi connectivity index (χ4n) is 6.89. The molecule has 0 amide bonds. The lowest BCUT2D eigenvalue weighted by molar-refractivity contribution is 0.215. The van der Waals surface area contributed by atoms with Gasteiger partial charge in [-0.25, -0.2) is 0 Å². The maximum absolute atomic E-state index is 2.75. The van der Waals surface area contributed by atoms with Gasteiger partial charge in [0.1, 0.15) is 0 Å². The smallest absolute Gasteiger partial charge is 0.0162 e. The van der Waals surface area contributed by atoms with Crippen molar-refractivity contribution in [2.45, 2.75) is 105 Å². The quantitative estimate of drug-likeness (QED) is 0.367. The molecule has 0 aromatic rings. The van der Waals surface area contributed by atoms with Crippen molar-refractivity contribution in [3.63, 3.8) is 0 Å². The molecule has 0 heteroatoms. The third-order valence-electron chi connectivity index (χ3n) is 8.20. The number of fused-ring (bicyclic) bond motifs is 10. The van der Waals surface area contributed by atoms with Gasteiger partial charge in [-0.3, -0.25) is 0 Å². The molecule has 158 valence electrons. The SMILES string of the molecule is C1=C2/C=C/[C@H]3CC/C=C4/CC[C@@H](C4)[C@@H]1[C@@H](C2)[C@@H]1CCC(CCC3)C1.CC.CC. The van der Waals surface area contributed by atoms with E-state index in [9.17, 15) is 0 Å². The number of rotatable bonds is 0. The normalized spacial score (nSPS) is 41.7. The molecule has 5 aliphatic rings. The molecule has 0 saturated heterocycles. The first-order valence-corrected chi connectivity index (χ1v) is 12.9. The second-order valence-corrected chi connectivity index (χ2v) is 9.62.